The van der Waals surface area contributed by atoms with Gasteiger partial charge in [0.25, 0.3) is 0 Å². The maximum Gasteiger partial charge on any atom is 0.155 e. The van der Waals surface area contributed by atoms with Gasteiger partial charge in [-0.3, -0.25) is 41.1 Å². The van der Waals surface area contributed by atoms with E-state index in [1.54, 1.807) is 61.3 Å². The van der Waals surface area contributed by atoms with Gasteiger partial charge < -0.3 is 45.1 Å². The number of carbonyl (C=O) groups excluding carboxylic acids is 1. The molecule has 3 N–H and O–H groups in total. The van der Waals surface area contributed by atoms with Gasteiger partial charge in [0.1, 0.15) is 5.75 Å². The third kappa shape index (κ3) is 31.2. The van der Waals surface area contributed by atoms with Gasteiger partial charge in [0.15, 0.2) is 5.78 Å². The number of phenolic OH excluding ortho intramolecular Hbond substituents is 1. The second-order valence-corrected chi connectivity index (χ2v) is 24.2. The molecule has 0 aliphatic heterocycles. The Kier molecular flexibility index (Phi) is 43.2. The Hall–Kier alpha value is -10.7. The van der Waals surface area contributed by atoms with E-state index in [2.05, 4.69) is 89.4 Å². The summed E-state index contributed by atoms with van der Waals surface area (Å²) in [6.45, 7) is 4.58. The Morgan fingerprint density at radius 1 is 0.405 bits per heavy atom. The van der Waals surface area contributed by atoms with Crippen molar-refractivity contribution < 1.29 is 148 Å². The van der Waals surface area contributed by atoms with Crippen LogP contribution in [0.5, 0.6) is 5.75 Å². The van der Waals surface area contributed by atoms with Crippen molar-refractivity contribution in [2.45, 2.75) is 27.4 Å². The SMILES string of the molecule is CC(=O)C=C(C)O.CN(C)c1ccnc(-c2[c-]cc(F)cc2)c1.Cc1ccnc(-c2[c-]cc(F)cc2F)c1.Fc1c[c-]c(-c2cc(N(c3ccccc3)c3ccccc3)ccn2)cc1.OCc1ccnc(-c2[c-]cc(F)cc2F)c1.Oc1ccccc1-c1ccccc1.[Ir].[Ir].[Ir].[Ir].[Pt].[c-]1c(-c2ccccn2)cccc1-c1ccccn1. The van der Waals surface area contributed by atoms with Gasteiger partial charge in [-0.2, -0.15) is 0 Å². The molecule has 0 fully saturated rings. The van der Waals surface area contributed by atoms with E-state index in [-0.39, 0.29) is 142 Å². The van der Waals surface area contributed by atoms with Gasteiger partial charge in [0.05, 0.1) is 12.4 Å². The molecule has 0 saturated carbocycles. The zero-order chi connectivity index (χ0) is 78.9. The van der Waals surface area contributed by atoms with Gasteiger partial charge in [0.2, 0.25) is 0 Å². The molecule has 6 aromatic heterocycles. The Labute approximate surface area is 740 Å². The minimum Gasteiger partial charge on any atom is -0.512 e. The van der Waals surface area contributed by atoms with Crippen LogP contribution < -0.4 is 9.80 Å². The fourth-order valence-corrected chi connectivity index (χ4v) is 10.4. The van der Waals surface area contributed by atoms with Crippen molar-refractivity contribution in [2.75, 3.05) is 23.9 Å². The van der Waals surface area contributed by atoms with Crippen LogP contribution in [0.2, 0.25) is 0 Å². The fourth-order valence-electron chi connectivity index (χ4n) is 10.4. The Bertz CT molecular complexity index is 5360. The van der Waals surface area contributed by atoms with E-state index < -0.39 is 23.3 Å². The normalized spacial score (nSPS) is 9.91. The predicted octanol–water partition coefficient (Wildman–Crippen LogP) is 22.1. The van der Waals surface area contributed by atoms with Crippen molar-refractivity contribution in [1.29, 1.82) is 0 Å². The molecule has 0 unspecified atom stereocenters. The number of carbonyl (C=O) groups is 1. The maximum atomic E-state index is 13.4. The number of nitrogens with zero attached hydrogens (tertiary/aromatic N) is 8. The molecule has 0 aliphatic rings. The van der Waals surface area contributed by atoms with Crippen LogP contribution in [0.4, 0.5) is 49.1 Å². The Morgan fingerprint density at radius 3 is 1.25 bits per heavy atom. The Morgan fingerprint density at radius 2 is 0.828 bits per heavy atom. The molecule has 0 bridgehead atoms. The minimum atomic E-state index is -0.720. The summed E-state index contributed by atoms with van der Waals surface area (Å²) in [5.74, 6) is -3.01. The molecule has 0 spiro atoms. The number of ketones is 1. The summed E-state index contributed by atoms with van der Waals surface area (Å²) in [6, 6.07) is 96.6. The van der Waals surface area contributed by atoms with Crippen LogP contribution in [-0.2, 0) is 113 Å². The monoisotopic (exact) mass is 2450 g/mol. The molecule has 116 heavy (non-hydrogen) atoms. The van der Waals surface area contributed by atoms with Crippen molar-refractivity contribution in [3.05, 3.63) is 404 Å². The number of anilines is 4. The van der Waals surface area contributed by atoms with Gasteiger partial charge in [-0.25, -0.2) is 0 Å². The van der Waals surface area contributed by atoms with Crippen LogP contribution in [0, 0.1) is 72.2 Å². The van der Waals surface area contributed by atoms with Crippen LogP contribution in [0.25, 0.3) is 78.7 Å². The minimum absolute atomic E-state index is 0. The number of aliphatic hydroxyl groups is 2. The number of hydrogen-bond donors (Lipinski definition) is 3. The third-order valence-corrected chi connectivity index (χ3v) is 15.6. The van der Waals surface area contributed by atoms with E-state index in [0.29, 0.717) is 22.7 Å². The van der Waals surface area contributed by atoms with E-state index in [4.69, 9.17) is 10.2 Å². The molecule has 0 aliphatic carbocycles. The summed E-state index contributed by atoms with van der Waals surface area (Å²) in [6.07, 6.45) is 11.3. The number of rotatable bonds is 13. The largest absolute Gasteiger partial charge is 0.512 e. The van der Waals surface area contributed by atoms with E-state index in [1.807, 2.05) is 196 Å². The second-order valence-electron chi connectivity index (χ2n) is 24.2. The van der Waals surface area contributed by atoms with Crippen molar-refractivity contribution in [2.24, 2.45) is 0 Å². The Balaban J connectivity index is 0.000000289. The first-order valence-corrected chi connectivity index (χ1v) is 34.4. The number of pyridine rings is 6. The molecule has 0 amide bonds. The number of phenols is 1. The van der Waals surface area contributed by atoms with Crippen molar-refractivity contribution in [1.82, 2.24) is 29.9 Å². The van der Waals surface area contributed by atoms with Crippen LogP contribution in [-0.4, -0.2) is 65.1 Å². The molecule has 15 rings (SSSR count). The summed E-state index contributed by atoms with van der Waals surface area (Å²) in [5.41, 5.74) is 15.6. The summed E-state index contributed by atoms with van der Waals surface area (Å²) >= 11 is 0. The number of benzene rings is 9. The third-order valence-electron chi connectivity index (χ3n) is 15.6. The number of halogens is 6. The number of hydrogen-bond acceptors (Lipinski definition) is 12. The van der Waals surface area contributed by atoms with Gasteiger partial charge >= 0.3 is 0 Å². The molecule has 23 heteroatoms. The smallest absolute Gasteiger partial charge is 0.155 e. The van der Waals surface area contributed by atoms with Gasteiger partial charge in [0, 0.05) is 233 Å². The number of para-hydroxylation sites is 3. The van der Waals surface area contributed by atoms with Crippen molar-refractivity contribution in [3.8, 4) is 84.4 Å². The number of allylic oxidation sites excluding steroid dienone is 2. The zero-order valence-electron chi connectivity index (χ0n) is 62.6. The second kappa shape index (κ2) is 51.3. The zero-order valence-corrected chi connectivity index (χ0v) is 74.4. The van der Waals surface area contributed by atoms with Crippen LogP contribution in [0.3, 0.4) is 0 Å². The van der Waals surface area contributed by atoms with E-state index in [1.165, 1.54) is 56.5 Å². The molecule has 9 aromatic carbocycles. The standard InChI is InChI=1S/C23H16FN2.C16H11N2.C13H12FN2.C12H8F2NO.C12H8F2N.C12H10O.C5H8O2.4Ir.Pt/c24-19-13-11-18(12-14-19)23-17-22(15-16-25-23)26(20-7-3-1-4-8-20)21-9-5-2-6-10-21;1-3-10-17-15(8-1)13-6-5-7-14(12-13)16-9-2-4-11-18-16;1-16(2)12-7-8-15-13(9-12)10-3-5-11(14)6-4-10;13-9-1-2-10(11(14)6-9)12-5-8(7-16)3-4-15-12;1-8-4-5-15-12(6-8)10-3-2-9(13)7-11(10)14;13-12-9-5-4-8-11(12)10-6-2-1-3-7-10;1-4(6)3-5(2)7;;;;;/h1-11,13-17H;1-11H;3,5-9H,1-2H3;1,3-6,16H,7H2;2,4-7H,1H3;1-9,13H;3,6H,1-2H3;;;;;/q5*-1;;;;;;;. The van der Waals surface area contributed by atoms with Crippen LogP contribution in [0.15, 0.2) is 328 Å². The number of aromatic hydroxyl groups is 1. The number of aliphatic hydroxyl groups excluding tert-OH is 2. The van der Waals surface area contributed by atoms with Crippen LogP contribution in [0.1, 0.15) is 25.0 Å². The first-order valence-electron chi connectivity index (χ1n) is 34.4. The predicted molar refractivity (Wildman–Crippen MR) is 426 cm³/mol. The molecular formula is C93H73F6Ir4N8O4Pt-5. The molecule has 4 radical (unpaired) electrons. The first-order chi connectivity index (χ1) is 53.8. The average molecular weight is 2440 g/mol. The molecule has 12 nitrogen and oxygen atoms in total. The quantitative estimate of drug-likeness (QED) is 0.0434. The van der Waals surface area contributed by atoms with Crippen molar-refractivity contribution >= 4 is 28.5 Å². The topological polar surface area (TPSA) is 162 Å². The summed E-state index contributed by atoms with van der Waals surface area (Å²) in [4.78, 5) is 39.5. The number of aryl methyl sites for hydroxylation is 1. The van der Waals surface area contributed by atoms with E-state index in [9.17, 15) is 36.2 Å². The first kappa shape index (κ1) is 97.7. The molecule has 0 saturated heterocycles. The van der Waals surface area contributed by atoms with Crippen LogP contribution >= 0.6 is 0 Å². The van der Waals surface area contributed by atoms with Gasteiger partial charge in [-0.1, -0.05) is 173 Å². The fraction of sp³-hybridized carbons (Fsp3) is 0.0645. The summed E-state index contributed by atoms with van der Waals surface area (Å²) in [5, 5.41) is 26.9. The van der Waals surface area contributed by atoms with Gasteiger partial charge in [-0.15, -0.1) is 108 Å². The van der Waals surface area contributed by atoms with E-state index >= 15 is 0 Å². The average Bonchev–Trinajstić information content (AvgIpc) is 0.842. The maximum absolute atomic E-state index is 13.4. The molecular weight excluding hydrogens is 2370 g/mol. The summed E-state index contributed by atoms with van der Waals surface area (Å²) < 4.78 is 78.0. The molecule has 602 valence electrons. The van der Waals surface area contributed by atoms with Crippen molar-refractivity contribution in [3.63, 3.8) is 0 Å². The van der Waals surface area contributed by atoms with E-state index in [0.717, 1.165) is 109 Å². The molecule has 0 atom stereocenters. The number of aromatic nitrogens is 6. The summed E-state index contributed by atoms with van der Waals surface area (Å²) in [7, 11) is 3.93. The van der Waals surface area contributed by atoms with Gasteiger partial charge in [-0.05, 0) is 121 Å². The molecule has 15 aromatic rings. The molecule has 6 heterocycles.